The first kappa shape index (κ1) is 12.8. The molecule has 1 unspecified atom stereocenters. The zero-order valence-corrected chi connectivity index (χ0v) is 11.8. The van der Waals surface area contributed by atoms with Gasteiger partial charge >= 0.3 is 0 Å². The standard InChI is InChI=1S/C16H24N2O/c1-18(11-13-4-3-9-19-12-13)15-6-7-16-14(10-15)5-2-8-17-16/h6-7,10,13,17H,2-5,8-9,11-12H2,1H3. The van der Waals surface area contributed by atoms with E-state index in [9.17, 15) is 0 Å². The largest absolute Gasteiger partial charge is 0.385 e. The minimum absolute atomic E-state index is 0.688. The number of hydrogen-bond acceptors (Lipinski definition) is 3. The van der Waals surface area contributed by atoms with Gasteiger partial charge in [0.2, 0.25) is 0 Å². The van der Waals surface area contributed by atoms with Gasteiger partial charge in [-0.05, 0) is 55.4 Å². The lowest BCUT2D eigenvalue weighted by atomic mass is 10.00. The molecule has 1 aromatic carbocycles. The first-order valence-corrected chi connectivity index (χ1v) is 7.48. The molecule has 19 heavy (non-hydrogen) atoms. The SMILES string of the molecule is CN(CC1CCCOC1)c1ccc2c(c1)CCCN2. The molecule has 1 fully saturated rings. The van der Waals surface area contributed by atoms with Gasteiger partial charge in [-0.3, -0.25) is 0 Å². The summed E-state index contributed by atoms with van der Waals surface area (Å²) in [4.78, 5) is 2.38. The van der Waals surface area contributed by atoms with Gasteiger partial charge < -0.3 is 15.0 Å². The van der Waals surface area contributed by atoms with Crippen LogP contribution in [-0.2, 0) is 11.2 Å². The highest BCUT2D eigenvalue weighted by molar-refractivity contribution is 5.61. The van der Waals surface area contributed by atoms with E-state index in [1.807, 2.05) is 0 Å². The van der Waals surface area contributed by atoms with E-state index in [2.05, 4.69) is 35.5 Å². The van der Waals surface area contributed by atoms with Crippen molar-refractivity contribution in [3.05, 3.63) is 23.8 Å². The van der Waals surface area contributed by atoms with Crippen LogP contribution in [0, 0.1) is 5.92 Å². The summed E-state index contributed by atoms with van der Waals surface area (Å²) in [6.07, 6.45) is 4.97. The van der Waals surface area contributed by atoms with Gasteiger partial charge in [0.05, 0.1) is 6.61 Å². The minimum Gasteiger partial charge on any atom is -0.385 e. The average molecular weight is 260 g/mol. The Balaban J connectivity index is 1.67. The lowest BCUT2D eigenvalue weighted by molar-refractivity contribution is 0.0576. The first-order valence-electron chi connectivity index (χ1n) is 7.48. The van der Waals surface area contributed by atoms with E-state index < -0.39 is 0 Å². The van der Waals surface area contributed by atoms with Crippen molar-refractivity contribution in [2.75, 3.05) is 43.6 Å². The molecule has 1 atom stereocenters. The number of aryl methyl sites for hydroxylation is 1. The second kappa shape index (κ2) is 5.83. The minimum atomic E-state index is 0.688. The molecule has 0 saturated carbocycles. The van der Waals surface area contributed by atoms with Crippen molar-refractivity contribution in [1.29, 1.82) is 0 Å². The molecule has 3 rings (SSSR count). The number of benzene rings is 1. The highest BCUT2D eigenvalue weighted by Gasteiger charge is 2.17. The number of rotatable bonds is 3. The first-order chi connectivity index (χ1) is 9.33. The van der Waals surface area contributed by atoms with Crippen molar-refractivity contribution in [2.24, 2.45) is 5.92 Å². The van der Waals surface area contributed by atoms with Crippen LogP contribution in [0.2, 0.25) is 0 Å². The van der Waals surface area contributed by atoms with E-state index in [-0.39, 0.29) is 0 Å². The normalized spacial score (nSPS) is 22.5. The number of nitrogens with zero attached hydrogens (tertiary/aromatic N) is 1. The lowest BCUT2D eigenvalue weighted by Gasteiger charge is -2.29. The quantitative estimate of drug-likeness (QED) is 0.904. The summed E-state index contributed by atoms with van der Waals surface area (Å²) >= 11 is 0. The smallest absolute Gasteiger partial charge is 0.0511 e. The Kier molecular flexibility index (Phi) is 3.92. The van der Waals surface area contributed by atoms with Gasteiger partial charge in [0.25, 0.3) is 0 Å². The summed E-state index contributed by atoms with van der Waals surface area (Å²) < 4.78 is 5.57. The van der Waals surface area contributed by atoms with E-state index in [0.717, 1.165) is 26.3 Å². The molecule has 0 amide bonds. The fraction of sp³-hybridized carbons (Fsp3) is 0.625. The van der Waals surface area contributed by atoms with Gasteiger partial charge in [0, 0.05) is 38.1 Å². The third-order valence-corrected chi connectivity index (χ3v) is 4.25. The van der Waals surface area contributed by atoms with E-state index in [1.54, 1.807) is 0 Å². The number of ether oxygens (including phenoxy) is 1. The molecule has 3 nitrogen and oxygen atoms in total. The maximum Gasteiger partial charge on any atom is 0.0511 e. The Morgan fingerprint density at radius 1 is 1.37 bits per heavy atom. The topological polar surface area (TPSA) is 24.5 Å². The third kappa shape index (κ3) is 3.03. The maximum absolute atomic E-state index is 5.57. The molecule has 0 radical (unpaired) electrons. The Hall–Kier alpha value is -1.22. The molecule has 0 spiro atoms. The molecule has 2 aliphatic heterocycles. The lowest BCUT2D eigenvalue weighted by Crippen LogP contribution is -2.31. The monoisotopic (exact) mass is 260 g/mol. The predicted octanol–water partition coefficient (Wildman–Crippen LogP) is 2.91. The van der Waals surface area contributed by atoms with Crippen LogP contribution in [0.4, 0.5) is 11.4 Å². The highest BCUT2D eigenvalue weighted by atomic mass is 16.5. The van der Waals surface area contributed by atoms with E-state index in [4.69, 9.17) is 4.74 Å². The second-order valence-electron chi connectivity index (χ2n) is 5.84. The molecule has 1 N–H and O–H groups in total. The molecule has 1 aromatic rings. The zero-order valence-electron chi connectivity index (χ0n) is 11.8. The third-order valence-electron chi connectivity index (χ3n) is 4.25. The molecule has 104 valence electrons. The second-order valence-corrected chi connectivity index (χ2v) is 5.84. The van der Waals surface area contributed by atoms with Gasteiger partial charge in [0.15, 0.2) is 0 Å². The molecular formula is C16H24N2O. The van der Waals surface area contributed by atoms with Crippen LogP contribution in [0.5, 0.6) is 0 Å². The highest BCUT2D eigenvalue weighted by Crippen LogP contribution is 2.27. The van der Waals surface area contributed by atoms with Crippen LogP contribution in [0.3, 0.4) is 0 Å². The van der Waals surface area contributed by atoms with Gasteiger partial charge in [-0.15, -0.1) is 0 Å². The van der Waals surface area contributed by atoms with Crippen LogP contribution >= 0.6 is 0 Å². The average Bonchev–Trinajstić information content (AvgIpc) is 2.48. The summed E-state index contributed by atoms with van der Waals surface area (Å²) in [5, 5.41) is 3.47. The molecule has 2 aliphatic rings. The van der Waals surface area contributed by atoms with Crippen molar-refractivity contribution in [3.63, 3.8) is 0 Å². The summed E-state index contributed by atoms with van der Waals surface area (Å²) in [5.74, 6) is 0.688. The van der Waals surface area contributed by atoms with Crippen LogP contribution < -0.4 is 10.2 Å². The fourth-order valence-corrected chi connectivity index (χ4v) is 3.14. The van der Waals surface area contributed by atoms with Crippen molar-refractivity contribution in [1.82, 2.24) is 0 Å². The summed E-state index contributed by atoms with van der Waals surface area (Å²) in [5.41, 5.74) is 4.13. The Labute approximate surface area is 115 Å². The summed E-state index contributed by atoms with van der Waals surface area (Å²) in [7, 11) is 2.20. The molecule has 0 aromatic heterocycles. The maximum atomic E-state index is 5.57. The van der Waals surface area contributed by atoms with Crippen molar-refractivity contribution < 1.29 is 4.74 Å². The summed E-state index contributed by atoms with van der Waals surface area (Å²) in [6.45, 7) is 4.09. The van der Waals surface area contributed by atoms with E-state index in [0.29, 0.717) is 5.92 Å². The number of hydrogen-bond donors (Lipinski definition) is 1. The fourth-order valence-electron chi connectivity index (χ4n) is 3.14. The van der Waals surface area contributed by atoms with Gasteiger partial charge in [0.1, 0.15) is 0 Å². The van der Waals surface area contributed by atoms with Crippen LogP contribution in [0.15, 0.2) is 18.2 Å². The molecule has 1 saturated heterocycles. The number of nitrogens with one attached hydrogen (secondary N) is 1. The van der Waals surface area contributed by atoms with Gasteiger partial charge in [-0.25, -0.2) is 0 Å². The Morgan fingerprint density at radius 2 is 2.32 bits per heavy atom. The zero-order chi connectivity index (χ0) is 13.1. The van der Waals surface area contributed by atoms with E-state index >= 15 is 0 Å². The number of fused-ring (bicyclic) bond motifs is 1. The summed E-state index contributed by atoms with van der Waals surface area (Å²) in [6, 6.07) is 6.82. The van der Waals surface area contributed by atoms with Crippen molar-refractivity contribution >= 4 is 11.4 Å². The molecular weight excluding hydrogens is 236 g/mol. The number of anilines is 2. The van der Waals surface area contributed by atoms with Crippen molar-refractivity contribution in [3.8, 4) is 0 Å². The Bertz CT molecular complexity index is 427. The van der Waals surface area contributed by atoms with Gasteiger partial charge in [-0.1, -0.05) is 0 Å². The van der Waals surface area contributed by atoms with Crippen LogP contribution in [-0.4, -0.2) is 33.4 Å². The van der Waals surface area contributed by atoms with Crippen LogP contribution in [0.25, 0.3) is 0 Å². The van der Waals surface area contributed by atoms with E-state index in [1.165, 1.54) is 42.6 Å². The van der Waals surface area contributed by atoms with Crippen LogP contribution in [0.1, 0.15) is 24.8 Å². The predicted molar refractivity (Wildman–Crippen MR) is 80.1 cm³/mol. The molecule has 3 heteroatoms. The molecule has 0 aliphatic carbocycles. The van der Waals surface area contributed by atoms with Gasteiger partial charge in [-0.2, -0.15) is 0 Å². The Morgan fingerprint density at radius 3 is 3.16 bits per heavy atom. The molecule has 0 bridgehead atoms. The molecule has 2 heterocycles. The van der Waals surface area contributed by atoms with Crippen molar-refractivity contribution in [2.45, 2.75) is 25.7 Å².